The van der Waals surface area contributed by atoms with Gasteiger partial charge in [0.1, 0.15) is 0 Å². The molecule has 0 aliphatic heterocycles. The Hall–Kier alpha value is -1.60. The Bertz CT molecular complexity index is 1080. The summed E-state index contributed by atoms with van der Waals surface area (Å²) in [6.45, 7) is 0. The molecule has 1 spiro atoms. The molecule has 0 aromatic heterocycles. The predicted molar refractivity (Wildman–Crippen MR) is 115 cm³/mol. The van der Waals surface area contributed by atoms with Gasteiger partial charge >= 0.3 is 0 Å². The monoisotopic (exact) mass is 414 g/mol. The van der Waals surface area contributed by atoms with Crippen molar-refractivity contribution in [2.45, 2.75) is 37.5 Å². The van der Waals surface area contributed by atoms with Crippen molar-refractivity contribution in [3.05, 3.63) is 70.2 Å². The largest absolute Gasteiger partial charge is 0.0616 e. The second-order valence-corrected chi connectivity index (χ2v) is 10.4. The molecule has 5 aliphatic rings. The Morgan fingerprint density at radius 1 is 0.667 bits per heavy atom. The van der Waals surface area contributed by atoms with Gasteiger partial charge in [0.05, 0.1) is 0 Å². The van der Waals surface area contributed by atoms with Crippen LogP contribution in [-0.2, 0) is 5.41 Å². The molecule has 0 amide bonds. The zero-order valence-electron chi connectivity index (χ0n) is 15.4. The molecule has 0 heterocycles. The molecule has 27 heavy (non-hydrogen) atoms. The third-order valence-electron chi connectivity index (χ3n) is 8.49. The summed E-state index contributed by atoms with van der Waals surface area (Å²) >= 11 is 4.02. The molecule has 4 fully saturated rings. The van der Waals surface area contributed by atoms with Crippen LogP contribution in [0, 0.1) is 23.7 Å². The van der Waals surface area contributed by atoms with Gasteiger partial charge in [-0.3, -0.25) is 0 Å². The van der Waals surface area contributed by atoms with E-state index < -0.39 is 0 Å². The number of rotatable bonds is 0. The van der Waals surface area contributed by atoms with Crippen LogP contribution >= 0.6 is 15.9 Å². The van der Waals surface area contributed by atoms with Crippen LogP contribution in [0.4, 0.5) is 0 Å². The standard InChI is InChI=1S/C26H23Br/c27-23-7-3-6-21-22-9-8-17-4-1-2-5-20(17)24(22)26(25(21)23)18-11-15-10-16(13-18)14-19(26)12-15/h1-9,15-16,18-19H,10-14H2. The van der Waals surface area contributed by atoms with Crippen molar-refractivity contribution < 1.29 is 0 Å². The minimum absolute atomic E-state index is 0.235. The summed E-state index contributed by atoms with van der Waals surface area (Å²) in [4.78, 5) is 0. The topological polar surface area (TPSA) is 0 Å². The zero-order valence-corrected chi connectivity index (χ0v) is 17.0. The lowest BCUT2D eigenvalue weighted by molar-refractivity contribution is -0.0396. The maximum atomic E-state index is 4.02. The summed E-state index contributed by atoms with van der Waals surface area (Å²) in [5.74, 6) is 3.61. The highest BCUT2D eigenvalue weighted by Crippen LogP contribution is 2.70. The zero-order chi connectivity index (χ0) is 17.8. The molecule has 0 nitrogen and oxygen atoms in total. The average molecular weight is 415 g/mol. The second kappa shape index (κ2) is 5.06. The summed E-state index contributed by atoms with van der Waals surface area (Å²) in [6, 6.07) is 20.8. The lowest BCUT2D eigenvalue weighted by Crippen LogP contribution is -2.55. The van der Waals surface area contributed by atoms with E-state index in [1.54, 1.807) is 11.1 Å². The van der Waals surface area contributed by atoms with Crippen LogP contribution in [0.2, 0.25) is 0 Å². The Morgan fingerprint density at radius 2 is 1.37 bits per heavy atom. The highest BCUT2D eigenvalue weighted by atomic mass is 79.9. The van der Waals surface area contributed by atoms with Gasteiger partial charge in [-0.25, -0.2) is 0 Å². The van der Waals surface area contributed by atoms with Gasteiger partial charge in [-0.15, -0.1) is 0 Å². The third-order valence-corrected chi connectivity index (χ3v) is 9.15. The third kappa shape index (κ3) is 1.72. The SMILES string of the molecule is Brc1cccc2c1C1(c3c-2ccc2ccccc32)C2CC3CC(C2)CC1C3. The van der Waals surface area contributed by atoms with Crippen LogP contribution < -0.4 is 0 Å². The van der Waals surface area contributed by atoms with Gasteiger partial charge in [-0.2, -0.15) is 0 Å². The van der Waals surface area contributed by atoms with Crippen LogP contribution in [0.1, 0.15) is 43.2 Å². The molecule has 0 radical (unpaired) electrons. The minimum atomic E-state index is 0.235. The first kappa shape index (κ1) is 15.3. The van der Waals surface area contributed by atoms with Crippen LogP contribution in [0.3, 0.4) is 0 Å². The van der Waals surface area contributed by atoms with Crippen molar-refractivity contribution in [2.75, 3.05) is 0 Å². The number of benzene rings is 3. The Morgan fingerprint density at radius 3 is 2.15 bits per heavy atom. The van der Waals surface area contributed by atoms with Crippen LogP contribution in [0.25, 0.3) is 21.9 Å². The fourth-order valence-electron chi connectivity index (χ4n) is 7.98. The number of fused-ring (bicyclic) bond motifs is 5. The van der Waals surface area contributed by atoms with Crippen molar-refractivity contribution in [3.8, 4) is 11.1 Å². The molecule has 134 valence electrons. The van der Waals surface area contributed by atoms with Crippen molar-refractivity contribution >= 4 is 26.7 Å². The smallest absolute Gasteiger partial charge is 0.0289 e. The van der Waals surface area contributed by atoms with Crippen molar-refractivity contribution in [1.29, 1.82) is 0 Å². The van der Waals surface area contributed by atoms with E-state index in [2.05, 4.69) is 70.5 Å². The number of hydrogen-bond acceptors (Lipinski definition) is 0. The molecule has 4 saturated carbocycles. The highest BCUT2D eigenvalue weighted by Gasteiger charge is 2.62. The van der Waals surface area contributed by atoms with E-state index in [-0.39, 0.29) is 5.41 Å². The molecule has 8 rings (SSSR count). The molecule has 1 heteroatoms. The Labute approximate surface area is 169 Å². The molecule has 0 N–H and O–H groups in total. The van der Waals surface area contributed by atoms with E-state index in [1.807, 2.05) is 0 Å². The van der Waals surface area contributed by atoms with E-state index in [0.717, 1.165) is 23.7 Å². The summed E-state index contributed by atoms with van der Waals surface area (Å²) in [7, 11) is 0. The van der Waals surface area contributed by atoms with E-state index in [9.17, 15) is 0 Å². The fourth-order valence-corrected chi connectivity index (χ4v) is 8.67. The fraction of sp³-hybridized carbons (Fsp3) is 0.385. The van der Waals surface area contributed by atoms with E-state index in [1.165, 1.54) is 58.5 Å². The van der Waals surface area contributed by atoms with Crippen LogP contribution in [0.15, 0.2) is 59.1 Å². The van der Waals surface area contributed by atoms with Crippen molar-refractivity contribution in [3.63, 3.8) is 0 Å². The van der Waals surface area contributed by atoms with Gasteiger partial charge in [0.25, 0.3) is 0 Å². The maximum Gasteiger partial charge on any atom is 0.0289 e. The molecule has 5 aliphatic carbocycles. The first-order valence-corrected chi connectivity index (χ1v) is 11.4. The van der Waals surface area contributed by atoms with E-state index in [4.69, 9.17) is 0 Å². The lowest BCUT2D eigenvalue weighted by Gasteiger charge is -2.61. The van der Waals surface area contributed by atoms with Gasteiger partial charge in [0.15, 0.2) is 0 Å². The summed E-state index contributed by atoms with van der Waals surface area (Å²) in [5, 5.41) is 2.92. The van der Waals surface area contributed by atoms with Gasteiger partial charge < -0.3 is 0 Å². The molecule has 0 atom stereocenters. The average Bonchev–Trinajstić information content (AvgIpc) is 2.99. The van der Waals surface area contributed by atoms with Gasteiger partial charge in [-0.1, -0.05) is 64.5 Å². The highest BCUT2D eigenvalue weighted by molar-refractivity contribution is 9.10. The quantitative estimate of drug-likeness (QED) is 0.361. The van der Waals surface area contributed by atoms with E-state index in [0.29, 0.717) is 0 Å². The molecule has 3 aromatic rings. The summed E-state index contributed by atoms with van der Waals surface area (Å²) in [5.41, 5.74) is 6.55. The van der Waals surface area contributed by atoms with E-state index >= 15 is 0 Å². The molecular formula is C26H23Br. The van der Waals surface area contributed by atoms with Crippen LogP contribution in [0.5, 0.6) is 0 Å². The van der Waals surface area contributed by atoms with Crippen molar-refractivity contribution in [1.82, 2.24) is 0 Å². The molecule has 3 aromatic carbocycles. The molecule has 0 unspecified atom stereocenters. The van der Waals surface area contributed by atoms with Gasteiger partial charge in [-0.05, 0) is 94.9 Å². The molecular weight excluding hydrogens is 392 g/mol. The van der Waals surface area contributed by atoms with Gasteiger partial charge in [0, 0.05) is 9.89 Å². The van der Waals surface area contributed by atoms with Crippen molar-refractivity contribution in [2.24, 2.45) is 23.7 Å². The summed E-state index contributed by atoms with van der Waals surface area (Å²) in [6.07, 6.45) is 7.27. The Balaban J connectivity index is 1.65. The second-order valence-electron chi connectivity index (χ2n) is 9.55. The van der Waals surface area contributed by atoms with Crippen LogP contribution in [-0.4, -0.2) is 0 Å². The predicted octanol–water partition coefficient (Wildman–Crippen LogP) is 7.32. The lowest BCUT2D eigenvalue weighted by atomic mass is 9.43. The van der Waals surface area contributed by atoms with Gasteiger partial charge in [0.2, 0.25) is 0 Å². The maximum absolute atomic E-state index is 4.02. The normalized spacial score (nSPS) is 35.0. The first-order chi connectivity index (χ1) is 13.3. The summed E-state index contributed by atoms with van der Waals surface area (Å²) < 4.78 is 1.34. The Kier molecular flexibility index (Phi) is 2.87. The molecule has 0 saturated heterocycles. The molecule has 4 bridgehead atoms. The first-order valence-electron chi connectivity index (χ1n) is 10.6. The number of hydrogen-bond donors (Lipinski definition) is 0. The number of halogens is 1. The minimum Gasteiger partial charge on any atom is -0.0616 e.